The van der Waals surface area contributed by atoms with Crippen molar-refractivity contribution in [3.8, 4) is 44.5 Å². The Morgan fingerprint density at radius 1 is 0.333 bits per heavy atom. The summed E-state index contributed by atoms with van der Waals surface area (Å²) in [5.41, 5.74) is 18.2. The minimum atomic E-state index is -0.358. The summed E-state index contributed by atoms with van der Waals surface area (Å²) in [6.07, 6.45) is 0. The molecule has 1 spiro atoms. The normalized spacial score (nSPS) is 13.6. The molecule has 0 saturated carbocycles. The summed E-state index contributed by atoms with van der Waals surface area (Å²) in [5, 5.41) is 0. The van der Waals surface area contributed by atoms with Crippen molar-refractivity contribution in [3.05, 3.63) is 167 Å². The van der Waals surface area contributed by atoms with Crippen LogP contribution in [0.15, 0.2) is 133 Å². The highest BCUT2D eigenvalue weighted by Crippen LogP contribution is 2.63. The van der Waals surface area contributed by atoms with Crippen LogP contribution in [-0.2, 0) is 5.41 Å². The Bertz CT molecular complexity index is 1770. The largest absolute Gasteiger partial charge is 0.0726 e. The van der Waals surface area contributed by atoms with Crippen LogP contribution in [0.3, 0.4) is 0 Å². The standard InChI is InChI=1S/C39H28/c1-25-13-17-31-32-18-14-26(2)22-36(32)39(35(31)21-25)37-23-29(27-9-5-3-6-10-27)15-19-33(37)34-20-16-30(24-38(34)39)28-11-7-4-8-12-28/h3-24H,1-2H3. The van der Waals surface area contributed by atoms with E-state index in [1.54, 1.807) is 0 Å². The van der Waals surface area contributed by atoms with Gasteiger partial charge in [0.1, 0.15) is 0 Å². The van der Waals surface area contributed by atoms with E-state index >= 15 is 0 Å². The van der Waals surface area contributed by atoms with E-state index in [1.165, 1.54) is 77.9 Å². The summed E-state index contributed by atoms with van der Waals surface area (Å²) in [4.78, 5) is 0. The van der Waals surface area contributed by atoms with Gasteiger partial charge in [0.05, 0.1) is 5.41 Å². The topological polar surface area (TPSA) is 0 Å². The Kier molecular flexibility index (Phi) is 4.67. The van der Waals surface area contributed by atoms with Crippen molar-refractivity contribution >= 4 is 0 Å². The summed E-state index contributed by atoms with van der Waals surface area (Å²) in [6, 6.07) is 49.9. The van der Waals surface area contributed by atoms with Crippen molar-refractivity contribution in [1.82, 2.24) is 0 Å². The molecule has 0 unspecified atom stereocenters. The Hall–Kier alpha value is -4.68. The third kappa shape index (κ3) is 3.06. The van der Waals surface area contributed by atoms with Gasteiger partial charge < -0.3 is 0 Å². The molecule has 0 atom stereocenters. The lowest BCUT2D eigenvalue weighted by Crippen LogP contribution is -2.26. The van der Waals surface area contributed by atoms with E-state index in [0.29, 0.717) is 0 Å². The molecule has 184 valence electrons. The van der Waals surface area contributed by atoms with Gasteiger partial charge in [0.25, 0.3) is 0 Å². The second-order valence-electron chi connectivity index (χ2n) is 11.1. The van der Waals surface area contributed by atoms with Crippen LogP contribution in [-0.4, -0.2) is 0 Å². The van der Waals surface area contributed by atoms with Crippen LogP contribution in [0.5, 0.6) is 0 Å². The molecule has 0 bridgehead atoms. The third-order valence-electron chi connectivity index (χ3n) is 8.80. The van der Waals surface area contributed by atoms with Crippen molar-refractivity contribution in [2.45, 2.75) is 19.3 Å². The molecule has 8 rings (SSSR count). The zero-order chi connectivity index (χ0) is 26.1. The number of rotatable bonds is 2. The van der Waals surface area contributed by atoms with E-state index in [1.807, 2.05) is 0 Å². The van der Waals surface area contributed by atoms with Gasteiger partial charge in [0.2, 0.25) is 0 Å². The van der Waals surface area contributed by atoms with E-state index in [-0.39, 0.29) is 5.41 Å². The van der Waals surface area contributed by atoms with Crippen molar-refractivity contribution in [1.29, 1.82) is 0 Å². The molecule has 6 aromatic carbocycles. The first-order valence-corrected chi connectivity index (χ1v) is 13.8. The molecule has 0 fully saturated rings. The average molecular weight is 497 g/mol. The molecule has 0 nitrogen and oxygen atoms in total. The van der Waals surface area contributed by atoms with E-state index in [2.05, 4.69) is 147 Å². The van der Waals surface area contributed by atoms with Crippen molar-refractivity contribution in [3.63, 3.8) is 0 Å². The number of hydrogen-bond donors (Lipinski definition) is 0. The summed E-state index contributed by atoms with van der Waals surface area (Å²) in [5.74, 6) is 0. The quantitative estimate of drug-likeness (QED) is 0.223. The van der Waals surface area contributed by atoms with Crippen LogP contribution in [0, 0.1) is 13.8 Å². The van der Waals surface area contributed by atoms with Gasteiger partial charge in [-0.1, -0.05) is 132 Å². The van der Waals surface area contributed by atoms with Crippen molar-refractivity contribution in [2.75, 3.05) is 0 Å². The minimum Gasteiger partial charge on any atom is -0.0622 e. The number of aryl methyl sites for hydroxylation is 2. The van der Waals surface area contributed by atoms with Gasteiger partial charge in [-0.15, -0.1) is 0 Å². The van der Waals surface area contributed by atoms with Crippen LogP contribution >= 0.6 is 0 Å². The second-order valence-corrected chi connectivity index (χ2v) is 11.1. The van der Waals surface area contributed by atoms with Crippen LogP contribution in [0.4, 0.5) is 0 Å². The maximum Gasteiger partial charge on any atom is 0.0726 e. The highest BCUT2D eigenvalue weighted by molar-refractivity contribution is 5.97. The van der Waals surface area contributed by atoms with E-state index in [4.69, 9.17) is 0 Å². The molecule has 0 aliphatic heterocycles. The molecule has 0 saturated heterocycles. The predicted octanol–water partition coefficient (Wildman–Crippen LogP) is 9.98. The van der Waals surface area contributed by atoms with Gasteiger partial charge in [-0.25, -0.2) is 0 Å². The molecule has 6 aromatic rings. The monoisotopic (exact) mass is 496 g/mol. The second kappa shape index (κ2) is 8.16. The predicted molar refractivity (Wildman–Crippen MR) is 163 cm³/mol. The SMILES string of the molecule is Cc1ccc2c(c1)C1(c3cc(C)ccc3-2)c2cc(-c3ccccc3)ccc2-c2ccc(-c3ccccc3)cc21. The molecule has 0 radical (unpaired) electrons. The van der Waals surface area contributed by atoms with Crippen molar-refractivity contribution < 1.29 is 0 Å². The van der Waals surface area contributed by atoms with Gasteiger partial charge in [-0.2, -0.15) is 0 Å². The zero-order valence-corrected chi connectivity index (χ0v) is 22.2. The van der Waals surface area contributed by atoms with Gasteiger partial charge in [-0.3, -0.25) is 0 Å². The van der Waals surface area contributed by atoms with E-state index < -0.39 is 0 Å². The third-order valence-corrected chi connectivity index (χ3v) is 8.80. The Morgan fingerprint density at radius 2 is 0.692 bits per heavy atom. The smallest absolute Gasteiger partial charge is 0.0622 e. The zero-order valence-electron chi connectivity index (χ0n) is 22.2. The fourth-order valence-electron chi connectivity index (χ4n) is 7.08. The summed E-state index contributed by atoms with van der Waals surface area (Å²) in [6.45, 7) is 4.44. The number of fused-ring (bicyclic) bond motifs is 10. The molecule has 0 heteroatoms. The molecular weight excluding hydrogens is 468 g/mol. The maximum absolute atomic E-state index is 2.47. The fraction of sp³-hybridized carbons (Fsp3) is 0.0769. The summed E-state index contributed by atoms with van der Waals surface area (Å²) >= 11 is 0. The number of hydrogen-bond acceptors (Lipinski definition) is 0. The van der Waals surface area contributed by atoms with Gasteiger partial charge in [0.15, 0.2) is 0 Å². The Labute approximate surface area is 230 Å². The molecule has 0 amide bonds. The summed E-state index contributed by atoms with van der Waals surface area (Å²) in [7, 11) is 0. The lowest BCUT2D eigenvalue weighted by molar-refractivity contribution is 0.792. The molecule has 0 aromatic heterocycles. The lowest BCUT2D eigenvalue weighted by atomic mass is 9.69. The molecular formula is C39H28. The molecule has 0 heterocycles. The number of benzene rings is 6. The van der Waals surface area contributed by atoms with Crippen LogP contribution in [0.2, 0.25) is 0 Å². The van der Waals surface area contributed by atoms with Gasteiger partial charge in [0, 0.05) is 0 Å². The maximum atomic E-state index is 2.47. The van der Waals surface area contributed by atoms with Crippen LogP contribution in [0.1, 0.15) is 33.4 Å². The van der Waals surface area contributed by atoms with E-state index in [9.17, 15) is 0 Å². The first-order chi connectivity index (χ1) is 19.1. The Balaban J connectivity index is 1.52. The fourth-order valence-corrected chi connectivity index (χ4v) is 7.08. The van der Waals surface area contributed by atoms with Crippen LogP contribution in [0.25, 0.3) is 44.5 Å². The highest BCUT2D eigenvalue weighted by atomic mass is 14.5. The van der Waals surface area contributed by atoms with Gasteiger partial charge >= 0.3 is 0 Å². The van der Waals surface area contributed by atoms with Crippen molar-refractivity contribution in [2.24, 2.45) is 0 Å². The van der Waals surface area contributed by atoms with E-state index in [0.717, 1.165) is 0 Å². The lowest BCUT2D eigenvalue weighted by Gasteiger charge is -2.31. The summed E-state index contributed by atoms with van der Waals surface area (Å²) < 4.78 is 0. The minimum absolute atomic E-state index is 0.358. The first kappa shape index (κ1) is 22.3. The van der Waals surface area contributed by atoms with Gasteiger partial charge in [-0.05, 0) is 92.7 Å². The molecule has 2 aliphatic carbocycles. The molecule has 2 aliphatic rings. The first-order valence-electron chi connectivity index (χ1n) is 13.8. The highest BCUT2D eigenvalue weighted by Gasteiger charge is 2.52. The Morgan fingerprint density at radius 3 is 1.10 bits per heavy atom. The average Bonchev–Trinajstić information content (AvgIpc) is 3.43. The molecule has 0 N–H and O–H groups in total. The van der Waals surface area contributed by atoms with Crippen LogP contribution < -0.4 is 0 Å². The molecule has 39 heavy (non-hydrogen) atoms.